The molecule has 3 rings (SSSR count). The van der Waals surface area contributed by atoms with Crippen LogP contribution in [-0.4, -0.2) is 25.9 Å². The lowest BCUT2D eigenvalue weighted by molar-refractivity contribution is -0.0921. The molecule has 1 unspecified atom stereocenters. The lowest BCUT2D eigenvalue weighted by Gasteiger charge is -2.24. The standard InChI is InChI=1S/C17H18N4O2/c1-11-16(13-6-5-9-19-10-13)14-7-3-4-8-15(14)20(11)12(2)21(23)17(18)22/h3-10,12,23H,1-2H3,(H2,18,22). The zero-order valence-corrected chi connectivity index (χ0v) is 13.0. The SMILES string of the molecule is Cc1c(-c2cccnc2)c2ccccc2n1C(C)N(O)C(N)=O. The molecule has 0 aliphatic rings. The van der Waals surface area contributed by atoms with Crippen LogP contribution in [0, 0.1) is 6.92 Å². The highest BCUT2D eigenvalue weighted by Crippen LogP contribution is 2.36. The van der Waals surface area contributed by atoms with Gasteiger partial charge in [-0.1, -0.05) is 24.3 Å². The highest BCUT2D eigenvalue weighted by atomic mass is 16.5. The van der Waals surface area contributed by atoms with E-state index in [1.54, 1.807) is 19.3 Å². The van der Waals surface area contributed by atoms with Gasteiger partial charge in [-0.2, -0.15) is 5.06 Å². The lowest BCUT2D eigenvalue weighted by Crippen LogP contribution is -2.37. The predicted octanol–water partition coefficient (Wildman–Crippen LogP) is 3.30. The lowest BCUT2D eigenvalue weighted by atomic mass is 10.0. The van der Waals surface area contributed by atoms with Gasteiger partial charge in [0.2, 0.25) is 0 Å². The van der Waals surface area contributed by atoms with Gasteiger partial charge in [0.05, 0.1) is 5.52 Å². The number of nitrogens with zero attached hydrogens (tertiary/aromatic N) is 3. The monoisotopic (exact) mass is 310 g/mol. The molecule has 6 nitrogen and oxygen atoms in total. The van der Waals surface area contributed by atoms with Crippen molar-refractivity contribution in [2.45, 2.75) is 20.0 Å². The average molecular weight is 310 g/mol. The van der Waals surface area contributed by atoms with E-state index in [-0.39, 0.29) is 0 Å². The van der Waals surface area contributed by atoms with Gasteiger partial charge >= 0.3 is 6.03 Å². The quantitative estimate of drug-likeness (QED) is 0.575. The largest absolute Gasteiger partial charge is 0.350 e. The van der Waals surface area contributed by atoms with Crippen LogP contribution in [0.4, 0.5) is 4.79 Å². The van der Waals surface area contributed by atoms with Gasteiger partial charge in [-0.15, -0.1) is 0 Å². The van der Waals surface area contributed by atoms with Gasteiger partial charge in [0.15, 0.2) is 0 Å². The maximum absolute atomic E-state index is 11.3. The van der Waals surface area contributed by atoms with Crippen LogP contribution in [0.5, 0.6) is 0 Å². The van der Waals surface area contributed by atoms with Crippen LogP contribution in [-0.2, 0) is 0 Å². The molecule has 0 aliphatic carbocycles. The number of rotatable bonds is 3. The summed E-state index contributed by atoms with van der Waals surface area (Å²) in [5.41, 5.74) is 9.05. The number of amides is 2. The second kappa shape index (κ2) is 5.73. The highest BCUT2D eigenvalue weighted by Gasteiger charge is 2.23. The molecule has 1 aromatic carbocycles. The number of hydroxylamine groups is 2. The van der Waals surface area contributed by atoms with Crippen LogP contribution in [0.3, 0.4) is 0 Å². The van der Waals surface area contributed by atoms with Gasteiger partial charge in [-0.25, -0.2) is 4.79 Å². The van der Waals surface area contributed by atoms with Gasteiger partial charge in [0.25, 0.3) is 0 Å². The molecule has 118 valence electrons. The Balaban J connectivity index is 2.28. The topological polar surface area (TPSA) is 84.4 Å². The Hall–Kier alpha value is -2.86. The van der Waals surface area contributed by atoms with E-state index in [0.717, 1.165) is 27.7 Å². The molecule has 0 saturated heterocycles. The summed E-state index contributed by atoms with van der Waals surface area (Å²) < 4.78 is 1.89. The molecule has 2 heterocycles. The second-order valence-electron chi connectivity index (χ2n) is 5.40. The number of hydrogen-bond donors (Lipinski definition) is 2. The van der Waals surface area contributed by atoms with E-state index in [2.05, 4.69) is 4.98 Å². The predicted molar refractivity (Wildman–Crippen MR) is 87.8 cm³/mol. The number of urea groups is 1. The number of benzene rings is 1. The number of carbonyl (C=O) groups excluding carboxylic acids is 1. The van der Waals surface area contributed by atoms with Crippen LogP contribution in [0.1, 0.15) is 18.8 Å². The molecular weight excluding hydrogens is 292 g/mol. The molecule has 0 saturated carbocycles. The molecule has 2 aromatic heterocycles. The van der Waals surface area contributed by atoms with E-state index >= 15 is 0 Å². The number of para-hydroxylation sites is 1. The number of carbonyl (C=O) groups is 1. The maximum Gasteiger partial charge on any atom is 0.340 e. The zero-order chi connectivity index (χ0) is 16.6. The summed E-state index contributed by atoms with van der Waals surface area (Å²) in [5.74, 6) is 0. The molecule has 3 N–H and O–H groups in total. The number of primary amides is 1. The summed E-state index contributed by atoms with van der Waals surface area (Å²) in [7, 11) is 0. The van der Waals surface area contributed by atoms with Crippen LogP contribution < -0.4 is 5.73 Å². The maximum atomic E-state index is 11.3. The molecular formula is C17H18N4O2. The Morgan fingerprint density at radius 3 is 2.70 bits per heavy atom. The van der Waals surface area contributed by atoms with Crippen molar-refractivity contribution in [2.24, 2.45) is 5.73 Å². The van der Waals surface area contributed by atoms with Crippen LogP contribution >= 0.6 is 0 Å². The van der Waals surface area contributed by atoms with E-state index in [1.807, 2.05) is 47.9 Å². The number of pyridine rings is 1. The van der Waals surface area contributed by atoms with Crippen LogP contribution in [0.2, 0.25) is 0 Å². The second-order valence-corrected chi connectivity index (χ2v) is 5.40. The summed E-state index contributed by atoms with van der Waals surface area (Å²) >= 11 is 0. The summed E-state index contributed by atoms with van der Waals surface area (Å²) in [6.07, 6.45) is 2.90. The minimum Gasteiger partial charge on any atom is -0.350 e. The van der Waals surface area contributed by atoms with Crippen molar-refractivity contribution < 1.29 is 10.0 Å². The van der Waals surface area contributed by atoms with Crippen molar-refractivity contribution in [3.63, 3.8) is 0 Å². The fraction of sp³-hybridized carbons (Fsp3) is 0.176. The first-order chi connectivity index (χ1) is 11.0. The Bertz CT molecular complexity index is 858. The number of nitrogens with two attached hydrogens (primary N) is 1. The fourth-order valence-electron chi connectivity index (χ4n) is 3.04. The Kier molecular flexibility index (Phi) is 3.75. The Morgan fingerprint density at radius 1 is 1.30 bits per heavy atom. The first kappa shape index (κ1) is 15.1. The van der Waals surface area contributed by atoms with Crippen molar-refractivity contribution in [3.05, 3.63) is 54.5 Å². The minimum absolute atomic E-state index is 0.534. The van der Waals surface area contributed by atoms with E-state index in [9.17, 15) is 10.0 Å². The number of aromatic nitrogens is 2. The molecule has 6 heteroatoms. The van der Waals surface area contributed by atoms with Gasteiger partial charge in [0, 0.05) is 34.6 Å². The third kappa shape index (κ3) is 2.43. The van der Waals surface area contributed by atoms with Crippen molar-refractivity contribution >= 4 is 16.9 Å². The van der Waals surface area contributed by atoms with Crippen molar-refractivity contribution in [3.8, 4) is 11.1 Å². The summed E-state index contributed by atoms with van der Waals surface area (Å²) in [5, 5.41) is 11.5. The number of hydrogen-bond acceptors (Lipinski definition) is 3. The van der Waals surface area contributed by atoms with E-state index in [1.165, 1.54) is 0 Å². The molecule has 0 fully saturated rings. The third-order valence-electron chi connectivity index (χ3n) is 4.06. The summed E-state index contributed by atoms with van der Waals surface area (Å²) in [6, 6.07) is 10.8. The van der Waals surface area contributed by atoms with Crippen molar-refractivity contribution in [1.82, 2.24) is 14.6 Å². The van der Waals surface area contributed by atoms with Crippen molar-refractivity contribution in [2.75, 3.05) is 0 Å². The van der Waals surface area contributed by atoms with Crippen LogP contribution in [0.15, 0.2) is 48.8 Å². The summed E-state index contributed by atoms with van der Waals surface area (Å²) in [6.45, 7) is 3.67. The van der Waals surface area contributed by atoms with E-state index in [4.69, 9.17) is 5.73 Å². The molecule has 3 aromatic rings. The third-order valence-corrected chi connectivity index (χ3v) is 4.06. The van der Waals surface area contributed by atoms with Gasteiger partial charge in [0.1, 0.15) is 6.17 Å². The first-order valence-corrected chi connectivity index (χ1v) is 7.30. The summed E-state index contributed by atoms with van der Waals surface area (Å²) in [4.78, 5) is 15.5. The van der Waals surface area contributed by atoms with E-state index in [0.29, 0.717) is 5.06 Å². The Labute approximate surface area is 133 Å². The van der Waals surface area contributed by atoms with Gasteiger partial charge in [-0.3, -0.25) is 10.2 Å². The molecule has 0 radical (unpaired) electrons. The van der Waals surface area contributed by atoms with Gasteiger partial charge < -0.3 is 10.3 Å². The smallest absolute Gasteiger partial charge is 0.340 e. The molecule has 1 atom stereocenters. The zero-order valence-electron chi connectivity index (χ0n) is 13.0. The fourth-order valence-corrected chi connectivity index (χ4v) is 3.04. The van der Waals surface area contributed by atoms with Gasteiger partial charge in [-0.05, 0) is 26.0 Å². The highest BCUT2D eigenvalue weighted by molar-refractivity contribution is 5.98. The van der Waals surface area contributed by atoms with Crippen molar-refractivity contribution in [1.29, 1.82) is 0 Å². The molecule has 0 spiro atoms. The normalized spacial score (nSPS) is 12.3. The molecule has 0 bridgehead atoms. The van der Waals surface area contributed by atoms with Crippen LogP contribution in [0.25, 0.3) is 22.0 Å². The first-order valence-electron chi connectivity index (χ1n) is 7.30. The Morgan fingerprint density at radius 2 is 2.04 bits per heavy atom. The molecule has 2 amide bonds. The average Bonchev–Trinajstić information content (AvgIpc) is 2.86. The number of fused-ring (bicyclic) bond motifs is 1. The van der Waals surface area contributed by atoms with E-state index < -0.39 is 12.2 Å². The molecule has 0 aliphatic heterocycles. The minimum atomic E-state index is -0.891. The molecule has 23 heavy (non-hydrogen) atoms.